The Labute approximate surface area is 231 Å². The Hall–Kier alpha value is -2.61. The average molecular weight is 569 g/mol. The molecule has 2 saturated carbocycles. The van der Waals surface area contributed by atoms with E-state index in [9.17, 15) is 30.7 Å². The second-order valence-electron chi connectivity index (χ2n) is 11.1. The van der Waals surface area contributed by atoms with Crippen molar-refractivity contribution in [1.82, 2.24) is 0 Å². The van der Waals surface area contributed by atoms with Crippen molar-refractivity contribution >= 4 is 0 Å². The van der Waals surface area contributed by atoms with Crippen LogP contribution in [0, 0.1) is 40.9 Å². The third kappa shape index (κ3) is 7.56. The van der Waals surface area contributed by atoms with E-state index in [2.05, 4.69) is 18.7 Å². The third-order valence-corrected chi connectivity index (χ3v) is 8.21. The van der Waals surface area contributed by atoms with Crippen molar-refractivity contribution in [3.05, 3.63) is 94.8 Å². The Bertz CT molecular complexity index is 1150. The molecule has 2 aromatic carbocycles. The summed E-state index contributed by atoms with van der Waals surface area (Å²) >= 11 is 0. The number of rotatable bonds is 10. The van der Waals surface area contributed by atoms with E-state index in [1.807, 2.05) is 0 Å². The van der Waals surface area contributed by atoms with Crippen molar-refractivity contribution in [3.8, 4) is 0 Å². The second kappa shape index (κ2) is 13.4. The fourth-order valence-electron chi connectivity index (χ4n) is 5.94. The van der Waals surface area contributed by atoms with Crippen LogP contribution in [0.2, 0.25) is 0 Å². The Morgan fingerprint density at radius 2 is 1.27 bits per heavy atom. The minimum absolute atomic E-state index is 0.0216. The van der Waals surface area contributed by atoms with E-state index in [0.717, 1.165) is 49.9 Å². The van der Waals surface area contributed by atoms with Gasteiger partial charge in [-0.15, -0.1) is 6.58 Å². The van der Waals surface area contributed by atoms with Gasteiger partial charge in [-0.1, -0.05) is 18.2 Å². The van der Waals surface area contributed by atoms with E-state index in [-0.39, 0.29) is 11.8 Å². The molecule has 0 unspecified atom stereocenters. The Morgan fingerprint density at radius 1 is 0.750 bits per heavy atom. The second-order valence-corrected chi connectivity index (χ2v) is 11.1. The van der Waals surface area contributed by atoms with Crippen LogP contribution in [0.25, 0.3) is 0 Å². The highest BCUT2D eigenvalue weighted by Crippen LogP contribution is 2.40. The zero-order valence-electron chi connectivity index (χ0n) is 22.4. The minimum Gasteiger partial charge on any atom is -0.313 e. The van der Waals surface area contributed by atoms with E-state index < -0.39 is 46.9 Å². The smallest absolute Gasteiger partial charge is 0.313 e. The molecular weight excluding hydrogens is 533 g/mol. The molecule has 0 heterocycles. The van der Waals surface area contributed by atoms with Crippen molar-refractivity contribution in [1.29, 1.82) is 0 Å². The van der Waals surface area contributed by atoms with Gasteiger partial charge in [-0.2, -0.15) is 8.78 Å². The molecule has 40 heavy (non-hydrogen) atoms. The molecule has 8 heteroatoms. The molecule has 2 aliphatic rings. The number of halogens is 7. The van der Waals surface area contributed by atoms with Gasteiger partial charge in [-0.25, -0.2) is 22.0 Å². The van der Waals surface area contributed by atoms with E-state index in [1.54, 1.807) is 6.08 Å². The molecule has 0 aliphatic heterocycles. The van der Waals surface area contributed by atoms with E-state index >= 15 is 0 Å². The topological polar surface area (TPSA) is 9.23 Å². The molecule has 218 valence electrons. The van der Waals surface area contributed by atoms with E-state index in [4.69, 9.17) is 4.74 Å². The molecule has 0 bridgehead atoms. The standard InChI is InChI=1S/C32H35F7O/c1-2-3-4-5-22-16-26(33)30(27(34)17-22)32(38,39)40-25-14-10-21(11-15-25)7-6-20-8-12-23(13-9-20)24-18-28(35)31(37)29(36)19-24/h2,6-7,16-21,23,25H,1,3-5,8-15H2/b7-6+. The SMILES string of the molecule is C=CCCCc1cc(F)c(C(F)(F)OC2CCC(/C=C/C3CCC(c4cc(F)c(F)c(F)c4)CC3)CC2)c(F)c1. The fraction of sp³-hybridized carbons (Fsp3) is 0.500. The monoisotopic (exact) mass is 568 g/mol. The van der Waals surface area contributed by atoms with Crippen molar-refractivity contribution in [3.63, 3.8) is 0 Å². The van der Waals surface area contributed by atoms with E-state index in [1.165, 1.54) is 0 Å². The Kier molecular flexibility index (Phi) is 10.1. The molecule has 2 aliphatic carbocycles. The first-order chi connectivity index (χ1) is 19.1. The highest BCUT2D eigenvalue weighted by atomic mass is 19.3. The van der Waals surface area contributed by atoms with Crippen LogP contribution in [0.3, 0.4) is 0 Å². The lowest BCUT2D eigenvalue weighted by Gasteiger charge is -2.31. The summed E-state index contributed by atoms with van der Waals surface area (Å²) in [6.45, 7) is 3.59. The number of hydrogen-bond acceptors (Lipinski definition) is 1. The summed E-state index contributed by atoms with van der Waals surface area (Å²) in [6.07, 6.45) is 7.73. The van der Waals surface area contributed by atoms with Gasteiger partial charge >= 0.3 is 6.11 Å². The number of allylic oxidation sites excluding steroid dienone is 3. The first-order valence-corrected chi connectivity index (χ1v) is 14.0. The third-order valence-electron chi connectivity index (χ3n) is 8.21. The molecular formula is C32H35F7O. The quantitative estimate of drug-likeness (QED) is 0.120. The maximum Gasteiger partial charge on any atom is 0.389 e. The van der Waals surface area contributed by atoms with Crippen LogP contribution >= 0.6 is 0 Å². The molecule has 2 fully saturated rings. The summed E-state index contributed by atoms with van der Waals surface area (Å²) in [6, 6.07) is 4.05. The number of ether oxygens (including phenoxy) is 1. The highest BCUT2D eigenvalue weighted by Gasteiger charge is 2.42. The first kappa shape index (κ1) is 30.4. The largest absolute Gasteiger partial charge is 0.389 e. The Balaban J connectivity index is 1.25. The summed E-state index contributed by atoms with van der Waals surface area (Å²) in [4.78, 5) is 0. The van der Waals surface area contributed by atoms with Crippen LogP contribution in [0.15, 0.2) is 49.1 Å². The van der Waals surface area contributed by atoms with Crippen molar-refractivity contribution in [2.24, 2.45) is 11.8 Å². The number of hydrogen-bond donors (Lipinski definition) is 0. The summed E-state index contributed by atoms with van der Waals surface area (Å²) in [5.41, 5.74) is -0.549. The molecule has 2 aromatic rings. The van der Waals surface area contributed by atoms with Crippen molar-refractivity contribution in [2.75, 3.05) is 0 Å². The highest BCUT2D eigenvalue weighted by molar-refractivity contribution is 5.29. The number of aryl methyl sites for hydroxylation is 1. The van der Waals surface area contributed by atoms with E-state index in [0.29, 0.717) is 62.0 Å². The lowest BCUT2D eigenvalue weighted by atomic mass is 9.78. The molecule has 0 amide bonds. The number of unbranched alkanes of at least 4 members (excludes halogenated alkanes) is 1. The lowest BCUT2D eigenvalue weighted by molar-refractivity contribution is -0.280. The summed E-state index contributed by atoms with van der Waals surface area (Å²) in [7, 11) is 0. The molecule has 0 saturated heterocycles. The normalized spacial score (nSPS) is 24.0. The molecule has 0 spiro atoms. The summed E-state index contributed by atoms with van der Waals surface area (Å²) < 4.78 is 104. The maximum atomic E-state index is 14.8. The summed E-state index contributed by atoms with van der Waals surface area (Å²) in [5.74, 6) is -5.93. The van der Waals surface area contributed by atoms with Gasteiger partial charge < -0.3 is 4.74 Å². The maximum absolute atomic E-state index is 14.8. The predicted octanol–water partition coefficient (Wildman–Crippen LogP) is 10.0. The molecule has 0 N–H and O–H groups in total. The van der Waals surface area contributed by atoms with Gasteiger partial charge in [0.1, 0.15) is 17.2 Å². The molecule has 0 aromatic heterocycles. The summed E-state index contributed by atoms with van der Waals surface area (Å²) in [5, 5.41) is 0. The first-order valence-electron chi connectivity index (χ1n) is 14.0. The van der Waals surface area contributed by atoms with Gasteiger partial charge in [0.15, 0.2) is 17.5 Å². The van der Waals surface area contributed by atoms with Crippen LogP contribution in [0.5, 0.6) is 0 Å². The van der Waals surface area contributed by atoms with Gasteiger partial charge in [0.25, 0.3) is 0 Å². The minimum atomic E-state index is -4.07. The van der Waals surface area contributed by atoms with Gasteiger partial charge in [0.2, 0.25) is 0 Å². The average Bonchev–Trinajstić information content (AvgIpc) is 2.91. The van der Waals surface area contributed by atoms with Gasteiger partial charge in [0, 0.05) is 0 Å². The van der Waals surface area contributed by atoms with Crippen LogP contribution < -0.4 is 0 Å². The zero-order chi connectivity index (χ0) is 28.9. The molecule has 1 nitrogen and oxygen atoms in total. The van der Waals surface area contributed by atoms with Crippen LogP contribution in [-0.2, 0) is 17.3 Å². The molecule has 4 rings (SSSR count). The van der Waals surface area contributed by atoms with Crippen LogP contribution in [0.4, 0.5) is 30.7 Å². The van der Waals surface area contributed by atoms with Crippen LogP contribution in [-0.4, -0.2) is 6.10 Å². The molecule has 0 radical (unpaired) electrons. The molecule has 0 atom stereocenters. The lowest BCUT2D eigenvalue weighted by Crippen LogP contribution is -2.31. The van der Waals surface area contributed by atoms with Gasteiger partial charge in [-0.05, 0) is 124 Å². The van der Waals surface area contributed by atoms with Crippen molar-refractivity contribution < 1.29 is 35.5 Å². The Morgan fingerprint density at radius 3 is 1.80 bits per heavy atom. The van der Waals surface area contributed by atoms with Gasteiger partial charge in [0.05, 0.1) is 6.10 Å². The van der Waals surface area contributed by atoms with Crippen molar-refractivity contribution in [2.45, 2.75) is 88.8 Å². The number of benzene rings is 2. The predicted molar refractivity (Wildman–Crippen MR) is 140 cm³/mol. The fourth-order valence-corrected chi connectivity index (χ4v) is 5.94. The van der Waals surface area contributed by atoms with Gasteiger partial charge in [-0.3, -0.25) is 0 Å². The number of alkyl halides is 2. The zero-order valence-corrected chi connectivity index (χ0v) is 22.4. The van der Waals surface area contributed by atoms with Crippen LogP contribution in [0.1, 0.15) is 86.8 Å².